The van der Waals surface area contributed by atoms with Crippen LogP contribution >= 0.6 is 23.0 Å². The summed E-state index contributed by atoms with van der Waals surface area (Å²) < 4.78 is 15.9. The van der Waals surface area contributed by atoms with E-state index in [9.17, 15) is 0 Å². The van der Waals surface area contributed by atoms with E-state index in [0.29, 0.717) is 6.54 Å². The Morgan fingerprint density at radius 2 is 1.31 bits per heavy atom. The lowest BCUT2D eigenvalue weighted by atomic mass is 10.1. The largest absolute Gasteiger partial charge is 0.497 e. The minimum atomic E-state index is 0.684. The van der Waals surface area contributed by atoms with Gasteiger partial charge in [0.1, 0.15) is 11.5 Å². The zero-order chi connectivity index (χ0) is 21.2. The van der Waals surface area contributed by atoms with Crippen molar-refractivity contribution >= 4 is 28.7 Å². The summed E-state index contributed by atoms with van der Waals surface area (Å²) in [5.74, 6) is 2.42. The smallest absolute Gasteiger partial charge is 0.192 e. The second kappa shape index (κ2) is 11.6. The van der Waals surface area contributed by atoms with Gasteiger partial charge >= 0.3 is 0 Å². The molecule has 4 nitrogen and oxygen atoms in total. The van der Waals surface area contributed by atoms with Crippen molar-refractivity contribution in [3.8, 4) is 17.2 Å². The quantitative estimate of drug-likeness (QED) is 0.381. The molecule has 0 heterocycles. The van der Waals surface area contributed by atoms with E-state index in [0.717, 1.165) is 22.9 Å². The van der Waals surface area contributed by atoms with Crippen LogP contribution in [-0.2, 0) is 6.54 Å². The maximum atomic E-state index is 5.34. The Morgan fingerprint density at radius 3 is 1.86 bits per heavy atom. The second-order valence-electron chi connectivity index (χ2n) is 6.74. The molecule has 0 unspecified atom stereocenters. The normalized spacial score (nSPS) is 9.86. The molecular weight excluding hydrogens is 477 g/mol. The van der Waals surface area contributed by atoms with Crippen LogP contribution in [0.3, 0.4) is 0 Å². The van der Waals surface area contributed by atoms with Crippen molar-refractivity contribution in [3.05, 3.63) is 82.9 Å². The Kier molecular flexibility index (Phi) is 9.12. The molecule has 0 atom stereocenters. The van der Waals surface area contributed by atoms with Crippen LogP contribution < -0.4 is 17.9 Å². The van der Waals surface area contributed by atoms with Crippen molar-refractivity contribution in [2.45, 2.75) is 27.3 Å². The van der Waals surface area contributed by atoms with Crippen LogP contribution in [0.15, 0.2) is 60.7 Å². The van der Waals surface area contributed by atoms with Crippen LogP contribution in [0.2, 0.25) is 0 Å². The zero-order valence-corrected chi connectivity index (χ0v) is 19.7. The standard InChI is InChI=1S/C16H18INO3.C8H10/c1-11-4-5-13(19-2)8-12(11)10-18-15-9-14(20-3)6-7-16(15)21-17;1-7-3-5-8(2)6-4-7/h4-9,18H,10H2,1-3H3;3-6H,1-2H3. The molecule has 0 aromatic heterocycles. The molecule has 3 aromatic rings. The van der Waals surface area contributed by atoms with E-state index in [1.165, 1.54) is 22.3 Å². The van der Waals surface area contributed by atoms with Gasteiger partial charge in [0, 0.05) is 12.6 Å². The second-order valence-corrected chi connectivity index (χ2v) is 7.18. The first-order chi connectivity index (χ1) is 14.0. The predicted octanol–water partition coefficient (Wildman–Crippen LogP) is 6.66. The van der Waals surface area contributed by atoms with Gasteiger partial charge in [0.05, 0.1) is 19.9 Å². The van der Waals surface area contributed by atoms with Gasteiger partial charge in [-0.25, -0.2) is 0 Å². The molecule has 0 fully saturated rings. The number of rotatable bonds is 6. The van der Waals surface area contributed by atoms with Gasteiger partial charge in [-0.1, -0.05) is 41.5 Å². The van der Waals surface area contributed by atoms with Crippen LogP contribution in [0.1, 0.15) is 22.3 Å². The predicted molar refractivity (Wildman–Crippen MR) is 129 cm³/mol. The summed E-state index contributed by atoms with van der Waals surface area (Å²) in [5, 5.41) is 3.38. The SMILES string of the molecule is COc1ccc(C)c(CNc2cc(OC)ccc2OI)c1.Cc1ccc(C)cc1. The summed E-state index contributed by atoms with van der Waals surface area (Å²) in [7, 11) is 3.32. The fourth-order valence-corrected chi connectivity index (χ4v) is 3.02. The summed E-state index contributed by atoms with van der Waals surface area (Å²) in [6, 6.07) is 20.2. The van der Waals surface area contributed by atoms with Crippen molar-refractivity contribution < 1.29 is 12.5 Å². The van der Waals surface area contributed by atoms with E-state index in [2.05, 4.69) is 56.4 Å². The summed E-state index contributed by atoms with van der Waals surface area (Å²) in [6.45, 7) is 6.96. The number of methoxy groups -OCH3 is 2. The maximum Gasteiger partial charge on any atom is 0.192 e. The summed E-state index contributed by atoms with van der Waals surface area (Å²) >= 11 is 1.87. The van der Waals surface area contributed by atoms with Gasteiger partial charge in [-0.05, 0) is 56.2 Å². The number of aryl methyl sites for hydroxylation is 3. The van der Waals surface area contributed by atoms with Gasteiger partial charge in [0.2, 0.25) is 0 Å². The van der Waals surface area contributed by atoms with Crippen LogP contribution in [-0.4, -0.2) is 14.2 Å². The lowest BCUT2D eigenvalue weighted by molar-refractivity contribution is 0.414. The third-order valence-electron chi connectivity index (χ3n) is 4.51. The Morgan fingerprint density at radius 1 is 0.759 bits per heavy atom. The van der Waals surface area contributed by atoms with E-state index < -0.39 is 0 Å². The Bertz CT molecular complexity index is 889. The number of nitrogens with one attached hydrogen (secondary N) is 1. The fraction of sp³-hybridized carbons (Fsp3) is 0.250. The third kappa shape index (κ3) is 7.16. The van der Waals surface area contributed by atoms with E-state index >= 15 is 0 Å². The Hall–Kier alpha value is -2.41. The molecule has 3 rings (SSSR count). The average molecular weight is 505 g/mol. The van der Waals surface area contributed by atoms with Crippen molar-refractivity contribution in [2.24, 2.45) is 0 Å². The van der Waals surface area contributed by atoms with Gasteiger partial charge < -0.3 is 17.9 Å². The minimum absolute atomic E-state index is 0.684. The summed E-state index contributed by atoms with van der Waals surface area (Å²) in [4.78, 5) is 0. The molecule has 0 radical (unpaired) electrons. The topological polar surface area (TPSA) is 39.7 Å². The van der Waals surface area contributed by atoms with Gasteiger partial charge in [0.15, 0.2) is 28.8 Å². The Balaban J connectivity index is 0.000000313. The van der Waals surface area contributed by atoms with Crippen LogP contribution in [0, 0.1) is 20.8 Å². The molecular formula is C24H28INO3. The van der Waals surface area contributed by atoms with Gasteiger partial charge in [-0.3, -0.25) is 0 Å². The van der Waals surface area contributed by atoms with Gasteiger partial charge in [-0.2, -0.15) is 0 Å². The summed E-state index contributed by atoms with van der Waals surface area (Å²) in [6.07, 6.45) is 0. The number of anilines is 1. The molecule has 0 amide bonds. The molecule has 29 heavy (non-hydrogen) atoms. The highest BCUT2D eigenvalue weighted by molar-refractivity contribution is 14.1. The lowest BCUT2D eigenvalue weighted by Crippen LogP contribution is -2.03. The number of hydrogen-bond donors (Lipinski definition) is 1. The van der Waals surface area contributed by atoms with Crippen LogP contribution in [0.5, 0.6) is 17.2 Å². The van der Waals surface area contributed by atoms with Crippen molar-refractivity contribution in [3.63, 3.8) is 0 Å². The number of halogens is 1. The third-order valence-corrected chi connectivity index (χ3v) is 4.99. The van der Waals surface area contributed by atoms with Crippen molar-refractivity contribution in [1.29, 1.82) is 0 Å². The molecule has 0 saturated carbocycles. The molecule has 154 valence electrons. The molecule has 0 saturated heterocycles. The molecule has 0 aliphatic carbocycles. The zero-order valence-electron chi connectivity index (χ0n) is 17.6. The highest BCUT2D eigenvalue weighted by atomic mass is 127. The van der Waals surface area contributed by atoms with Gasteiger partial charge in [-0.15, -0.1) is 0 Å². The minimum Gasteiger partial charge on any atom is -0.497 e. The van der Waals surface area contributed by atoms with E-state index in [1.807, 2.05) is 53.3 Å². The maximum absolute atomic E-state index is 5.34. The molecule has 0 aliphatic rings. The monoisotopic (exact) mass is 505 g/mol. The molecule has 3 aromatic carbocycles. The molecule has 0 aliphatic heterocycles. The summed E-state index contributed by atoms with van der Waals surface area (Å²) in [5.41, 5.74) is 5.94. The highest BCUT2D eigenvalue weighted by Gasteiger charge is 2.07. The first-order valence-corrected chi connectivity index (χ1v) is 10.2. The molecule has 0 spiro atoms. The number of ether oxygens (including phenoxy) is 2. The average Bonchev–Trinajstić information content (AvgIpc) is 2.75. The molecule has 1 N–H and O–H groups in total. The van der Waals surface area contributed by atoms with E-state index in [1.54, 1.807) is 14.2 Å². The Labute approximate surface area is 187 Å². The fourth-order valence-electron chi connectivity index (χ4n) is 2.63. The number of benzene rings is 3. The van der Waals surface area contributed by atoms with Crippen LogP contribution in [0.4, 0.5) is 5.69 Å². The van der Waals surface area contributed by atoms with Crippen molar-refractivity contribution in [1.82, 2.24) is 0 Å². The lowest BCUT2D eigenvalue weighted by Gasteiger charge is -2.13. The first kappa shape index (κ1) is 22.9. The van der Waals surface area contributed by atoms with E-state index in [4.69, 9.17) is 12.5 Å². The van der Waals surface area contributed by atoms with Crippen LogP contribution in [0.25, 0.3) is 0 Å². The van der Waals surface area contributed by atoms with Crippen molar-refractivity contribution in [2.75, 3.05) is 19.5 Å². The molecule has 0 bridgehead atoms. The number of hydrogen-bond acceptors (Lipinski definition) is 4. The van der Waals surface area contributed by atoms with Gasteiger partial charge in [0.25, 0.3) is 0 Å². The first-order valence-electron chi connectivity index (χ1n) is 9.34. The van der Waals surface area contributed by atoms with E-state index in [-0.39, 0.29) is 0 Å². The molecule has 5 heteroatoms. The highest BCUT2D eigenvalue weighted by Crippen LogP contribution is 2.31.